The van der Waals surface area contributed by atoms with E-state index in [-0.39, 0.29) is 0 Å². The van der Waals surface area contributed by atoms with Gasteiger partial charge in [-0.15, -0.1) is 0 Å². The van der Waals surface area contributed by atoms with Crippen LogP contribution in [0.25, 0.3) is 6.08 Å². The third-order valence-corrected chi connectivity index (χ3v) is 1.69. The molecule has 0 heterocycles. The first kappa shape index (κ1) is 8.02. The van der Waals surface area contributed by atoms with E-state index in [0.29, 0.717) is 0 Å². The van der Waals surface area contributed by atoms with Gasteiger partial charge in [0.1, 0.15) is 0 Å². The molecule has 0 saturated heterocycles. The normalized spacial score (nSPS) is 11.8. The van der Waals surface area contributed by atoms with E-state index in [2.05, 4.69) is 42.2 Å². The summed E-state index contributed by atoms with van der Waals surface area (Å²) < 4.78 is 0. The molecule has 0 amide bonds. The van der Waals surface area contributed by atoms with E-state index >= 15 is 0 Å². The minimum atomic E-state index is 1.12. The lowest BCUT2D eigenvalue weighted by molar-refractivity contribution is 1.31. The number of fused-ring (bicyclic) bond motifs is 1. The van der Waals surface area contributed by atoms with Crippen LogP contribution in [0.2, 0.25) is 0 Å². The molecule has 11 heavy (non-hydrogen) atoms. The van der Waals surface area contributed by atoms with Gasteiger partial charge in [-0.25, -0.2) is 0 Å². The summed E-state index contributed by atoms with van der Waals surface area (Å²) in [6.45, 7) is 0. The Morgan fingerprint density at radius 2 is 1.91 bits per heavy atom. The van der Waals surface area contributed by atoms with Crippen molar-refractivity contribution in [3.05, 3.63) is 41.5 Å². The fraction of sp³-hybridized carbons (Fsp3) is 0.200. The molecular weight excluding hydrogens is 134 g/mol. The predicted molar refractivity (Wildman–Crippen MR) is 49.3 cm³/mol. The Bertz CT molecular complexity index is 251. The van der Waals surface area contributed by atoms with Crippen LogP contribution in [-0.4, -0.2) is 7.05 Å². The van der Waals surface area contributed by atoms with Crippen molar-refractivity contribution in [1.29, 1.82) is 0 Å². The molecule has 1 aromatic rings. The lowest BCUT2D eigenvalue weighted by Crippen LogP contribution is -1.76. The maximum atomic E-state index is 4.50. The van der Waals surface area contributed by atoms with Crippen molar-refractivity contribution in [3.8, 4) is 0 Å². The summed E-state index contributed by atoms with van der Waals surface area (Å²) in [7, 11) is 1.50. The van der Waals surface area contributed by atoms with Gasteiger partial charge in [0.15, 0.2) is 0 Å². The summed E-state index contributed by atoms with van der Waals surface area (Å²) in [5.74, 6) is 0. The molecule has 0 aromatic heterocycles. The quantitative estimate of drug-likeness (QED) is 0.595. The van der Waals surface area contributed by atoms with Crippen LogP contribution in [0.4, 0.5) is 0 Å². The van der Waals surface area contributed by atoms with Crippen molar-refractivity contribution in [2.75, 3.05) is 7.05 Å². The molecule has 0 unspecified atom stereocenters. The molecule has 0 atom stereocenters. The van der Waals surface area contributed by atoms with Crippen LogP contribution >= 0.6 is 0 Å². The lowest BCUT2D eigenvalue weighted by Gasteiger charge is -1.93. The van der Waals surface area contributed by atoms with Crippen molar-refractivity contribution < 1.29 is 0 Å². The summed E-state index contributed by atoms with van der Waals surface area (Å²) >= 11 is 0. The summed E-state index contributed by atoms with van der Waals surface area (Å²) in [6, 6.07) is 8.49. The second-order valence-corrected chi connectivity index (χ2v) is 2.31. The summed E-state index contributed by atoms with van der Waals surface area (Å²) in [5.41, 5.74) is 7.34. The molecule has 1 aliphatic carbocycles. The highest BCUT2D eigenvalue weighted by atomic mass is 14.4. The van der Waals surface area contributed by atoms with E-state index in [1.54, 1.807) is 0 Å². The molecule has 0 saturated carbocycles. The summed E-state index contributed by atoms with van der Waals surface area (Å²) in [5, 5.41) is 0. The molecule has 0 aliphatic heterocycles. The first-order valence-corrected chi connectivity index (χ1v) is 3.79. The van der Waals surface area contributed by atoms with Gasteiger partial charge in [-0.05, 0) is 24.6 Å². The molecule has 1 aliphatic rings. The van der Waals surface area contributed by atoms with Gasteiger partial charge in [-0.3, -0.25) is 0 Å². The van der Waals surface area contributed by atoms with Crippen LogP contribution in [0.1, 0.15) is 11.1 Å². The Labute approximate surface area is 67.5 Å². The van der Waals surface area contributed by atoms with E-state index < -0.39 is 0 Å². The van der Waals surface area contributed by atoms with E-state index in [1.165, 1.54) is 18.2 Å². The molecule has 1 aromatic carbocycles. The van der Waals surface area contributed by atoms with Crippen molar-refractivity contribution in [2.45, 2.75) is 6.42 Å². The third kappa shape index (κ3) is 1.69. The maximum Gasteiger partial charge on any atom is -0.00882 e. The second-order valence-electron chi connectivity index (χ2n) is 2.31. The Morgan fingerprint density at radius 3 is 2.64 bits per heavy atom. The Kier molecular flexibility index (Phi) is 2.87. The van der Waals surface area contributed by atoms with Gasteiger partial charge in [-0.2, -0.15) is 0 Å². The SMILES string of the molecule is C1=Cc2ccccc2C1.CN. The molecule has 2 rings (SSSR count). The lowest BCUT2D eigenvalue weighted by atomic mass is 10.1. The molecule has 0 bridgehead atoms. The van der Waals surface area contributed by atoms with Gasteiger partial charge < -0.3 is 5.73 Å². The van der Waals surface area contributed by atoms with E-state index in [0.717, 1.165) is 6.42 Å². The van der Waals surface area contributed by atoms with Gasteiger partial charge in [-0.1, -0.05) is 36.4 Å². The van der Waals surface area contributed by atoms with Gasteiger partial charge >= 0.3 is 0 Å². The van der Waals surface area contributed by atoms with Crippen molar-refractivity contribution >= 4 is 6.08 Å². The Balaban J connectivity index is 0.000000281. The topological polar surface area (TPSA) is 26.0 Å². The number of hydrogen-bond acceptors (Lipinski definition) is 1. The fourth-order valence-corrected chi connectivity index (χ4v) is 1.20. The van der Waals surface area contributed by atoms with Crippen LogP contribution in [0.5, 0.6) is 0 Å². The zero-order chi connectivity index (χ0) is 8.10. The van der Waals surface area contributed by atoms with Crippen molar-refractivity contribution in [3.63, 3.8) is 0 Å². The average Bonchev–Trinajstić information content (AvgIpc) is 2.55. The van der Waals surface area contributed by atoms with E-state index in [9.17, 15) is 0 Å². The zero-order valence-corrected chi connectivity index (χ0v) is 6.75. The third-order valence-electron chi connectivity index (χ3n) is 1.69. The molecule has 0 radical (unpaired) electrons. The minimum Gasteiger partial charge on any atom is -0.333 e. The number of allylic oxidation sites excluding steroid dienone is 1. The van der Waals surface area contributed by atoms with Crippen molar-refractivity contribution in [2.24, 2.45) is 5.73 Å². The van der Waals surface area contributed by atoms with Gasteiger partial charge in [0.05, 0.1) is 0 Å². The van der Waals surface area contributed by atoms with E-state index in [4.69, 9.17) is 0 Å². The highest BCUT2D eigenvalue weighted by Gasteiger charge is 2.00. The van der Waals surface area contributed by atoms with Crippen LogP contribution in [-0.2, 0) is 6.42 Å². The largest absolute Gasteiger partial charge is 0.333 e. The van der Waals surface area contributed by atoms with Crippen molar-refractivity contribution in [1.82, 2.24) is 0 Å². The van der Waals surface area contributed by atoms with E-state index in [1.807, 2.05) is 0 Å². The molecular formula is C10H13N. The van der Waals surface area contributed by atoms with Crippen LogP contribution < -0.4 is 5.73 Å². The number of hydrogen-bond donors (Lipinski definition) is 1. The molecule has 1 nitrogen and oxygen atoms in total. The van der Waals surface area contributed by atoms with Crippen LogP contribution in [0, 0.1) is 0 Å². The van der Waals surface area contributed by atoms with Crippen LogP contribution in [0.3, 0.4) is 0 Å². The monoisotopic (exact) mass is 147 g/mol. The van der Waals surface area contributed by atoms with Gasteiger partial charge in [0.25, 0.3) is 0 Å². The molecule has 58 valence electrons. The summed E-state index contributed by atoms with van der Waals surface area (Å²) in [4.78, 5) is 0. The minimum absolute atomic E-state index is 1.12. The number of nitrogens with two attached hydrogens (primary N) is 1. The fourth-order valence-electron chi connectivity index (χ4n) is 1.20. The smallest absolute Gasteiger partial charge is 0.00882 e. The maximum absolute atomic E-state index is 4.50. The number of rotatable bonds is 0. The standard InChI is InChI=1S/C9H8.CH5N/c1-2-5-9-7-3-6-8(9)4-1;1-2/h1-6H,7H2;2H2,1H3. The molecule has 0 fully saturated rings. The first-order valence-electron chi connectivity index (χ1n) is 3.79. The zero-order valence-electron chi connectivity index (χ0n) is 6.75. The highest BCUT2D eigenvalue weighted by Crippen LogP contribution is 2.17. The molecule has 0 spiro atoms. The Hall–Kier alpha value is -1.08. The van der Waals surface area contributed by atoms with Gasteiger partial charge in [0, 0.05) is 0 Å². The molecule has 1 heteroatoms. The summed E-state index contributed by atoms with van der Waals surface area (Å²) in [6.07, 6.45) is 5.50. The second kappa shape index (κ2) is 3.94. The van der Waals surface area contributed by atoms with Gasteiger partial charge in [0.2, 0.25) is 0 Å². The first-order chi connectivity index (χ1) is 5.47. The highest BCUT2D eigenvalue weighted by molar-refractivity contribution is 5.59. The number of benzene rings is 1. The Morgan fingerprint density at radius 1 is 1.18 bits per heavy atom. The molecule has 2 N–H and O–H groups in total. The predicted octanol–water partition coefficient (Wildman–Crippen LogP) is 1.83. The van der Waals surface area contributed by atoms with Crippen LogP contribution in [0.15, 0.2) is 30.3 Å². The average molecular weight is 147 g/mol.